The van der Waals surface area contributed by atoms with Crippen molar-refractivity contribution in [2.45, 2.75) is 50.5 Å². The number of aromatic nitrogens is 2. The van der Waals surface area contributed by atoms with Crippen molar-refractivity contribution in [2.24, 2.45) is 0 Å². The summed E-state index contributed by atoms with van der Waals surface area (Å²) < 4.78 is 27.6. The van der Waals surface area contributed by atoms with Gasteiger partial charge in [-0.05, 0) is 56.0 Å². The molecule has 1 saturated carbocycles. The van der Waals surface area contributed by atoms with Crippen molar-refractivity contribution in [2.75, 3.05) is 10.0 Å². The standard InChI is InChI=1S/C17H22N4O2S/c1-12-7-8-13(2)15(11-12)24(22,23)21-17-10-9-16(19-20-17)18-14-5-3-4-6-14/h7-11,14H,3-6H2,1-2H3,(H,18,19)(H,20,21). The third kappa shape index (κ3) is 3.84. The van der Waals surface area contributed by atoms with Gasteiger partial charge in [0.1, 0.15) is 5.82 Å². The van der Waals surface area contributed by atoms with E-state index in [1.807, 2.05) is 13.0 Å². The molecule has 6 nitrogen and oxygen atoms in total. The van der Waals surface area contributed by atoms with Gasteiger partial charge in [0.15, 0.2) is 5.82 Å². The average molecular weight is 346 g/mol. The molecule has 0 aliphatic heterocycles. The lowest BCUT2D eigenvalue weighted by atomic mass is 10.2. The van der Waals surface area contributed by atoms with Crippen molar-refractivity contribution in [3.8, 4) is 0 Å². The highest BCUT2D eigenvalue weighted by Gasteiger charge is 2.19. The van der Waals surface area contributed by atoms with E-state index in [2.05, 4.69) is 20.2 Å². The van der Waals surface area contributed by atoms with Crippen molar-refractivity contribution >= 4 is 21.7 Å². The zero-order valence-corrected chi connectivity index (χ0v) is 14.7. The SMILES string of the molecule is Cc1ccc(C)c(S(=O)(=O)Nc2ccc(NC3CCCC3)nn2)c1. The second-order valence-electron chi connectivity index (χ2n) is 6.30. The monoisotopic (exact) mass is 346 g/mol. The fourth-order valence-electron chi connectivity index (χ4n) is 2.93. The summed E-state index contributed by atoms with van der Waals surface area (Å²) in [5.74, 6) is 0.893. The number of sulfonamides is 1. The zero-order chi connectivity index (χ0) is 17.2. The van der Waals surface area contributed by atoms with E-state index in [-0.39, 0.29) is 10.7 Å². The molecule has 3 rings (SSSR count). The Labute approximate surface area is 142 Å². The van der Waals surface area contributed by atoms with Crippen LogP contribution in [0.1, 0.15) is 36.8 Å². The fraction of sp³-hybridized carbons (Fsp3) is 0.412. The van der Waals surface area contributed by atoms with Crippen molar-refractivity contribution in [1.82, 2.24) is 10.2 Å². The predicted molar refractivity (Wildman–Crippen MR) is 94.6 cm³/mol. The van der Waals surface area contributed by atoms with E-state index in [0.29, 0.717) is 17.4 Å². The van der Waals surface area contributed by atoms with Crippen LogP contribution in [0.4, 0.5) is 11.6 Å². The molecule has 1 heterocycles. The summed E-state index contributed by atoms with van der Waals surface area (Å²) in [5.41, 5.74) is 1.59. The summed E-state index contributed by atoms with van der Waals surface area (Å²) in [6.45, 7) is 3.63. The van der Waals surface area contributed by atoms with E-state index >= 15 is 0 Å². The lowest BCUT2D eigenvalue weighted by Gasteiger charge is -2.13. The first kappa shape index (κ1) is 16.7. The second-order valence-corrected chi connectivity index (χ2v) is 7.95. The molecule has 0 amide bonds. The maximum absolute atomic E-state index is 12.5. The summed E-state index contributed by atoms with van der Waals surface area (Å²) in [7, 11) is -3.67. The fourth-order valence-corrected chi connectivity index (χ4v) is 4.26. The van der Waals surface area contributed by atoms with Gasteiger partial charge >= 0.3 is 0 Å². The average Bonchev–Trinajstić information content (AvgIpc) is 3.04. The number of nitrogens with one attached hydrogen (secondary N) is 2. The van der Waals surface area contributed by atoms with Gasteiger partial charge in [-0.1, -0.05) is 25.0 Å². The van der Waals surface area contributed by atoms with E-state index in [1.54, 1.807) is 31.2 Å². The Morgan fingerprint density at radius 2 is 1.67 bits per heavy atom. The normalized spacial score (nSPS) is 15.4. The van der Waals surface area contributed by atoms with Gasteiger partial charge in [-0.25, -0.2) is 8.42 Å². The Bertz CT molecular complexity index is 813. The number of anilines is 2. The number of aryl methyl sites for hydroxylation is 2. The molecule has 0 saturated heterocycles. The highest BCUT2D eigenvalue weighted by molar-refractivity contribution is 7.92. The van der Waals surface area contributed by atoms with E-state index in [4.69, 9.17) is 0 Å². The first-order valence-corrected chi connectivity index (χ1v) is 9.63. The molecule has 0 atom stereocenters. The summed E-state index contributed by atoms with van der Waals surface area (Å²) >= 11 is 0. The Kier molecular flexibility index (Phi) is 4.71. The van der Waals surface area contributed by atoms with Crippen LogP contribution in [0.25, 0.3) is 0 Å². The van der Waals surface area contributed by atoms with E-state index in [9.17, 15) is 8.42 Å². The molecule has 1 aliphatic carbocycles. The highest BCUT2D eigenvalue weighted by atomic mass is 32.2. The number of rotatable bonds is 5. The number of hydrogen-bond acceptors (Lipinski definition) is 5. The van der Waals surface area contributed by atoms with Crippen LogP contribution in [0.5, 0.6) is 0 Å². The molecule has 24 heavy (non-hydrogen) atoms. The van der Waals surface area contributed by atoms with Gasteiger partial charge in [-0.3, -0.25) is 4.72 Å². The van der Waals surface area contributed by atoms with Crippen LogP contribution < -0.4 is 10.0 Å². The van der Waals surface area contributed by atoms with E-state index < -0.39 is 10.0 Å². The van der Waals surface area contributed by atoms with Gasteiger partial charge in [0.05, 0.1) is 4.90 Å². The van der Waals surface area contributed by atoms with Gasteiger partial charge in [0.2, 0.25) is 0 Å². The predicted octanol–water partition coefficient (Wildman–Crippen LogP) is 3.25. The molecule has 1 aromatic carbocycles. The highest BCUT2D eigenvalue weighted by Crippen LogP contribution is 2.22. The number of benzene rings is 1. The summed E-state index contributed by atoms with van der Waals surface area (Å²) in [4.78, 5) is 0.262. The molecule has 1 fully saturated rings. The molecule has 2 N–H and O–H groups in total. The van der Waals surface area contributed by atoms with E-state index in [1.165, 1.54) is 12.8 Å². The molecule has 2 aromatic rings. The summed E-state index contributed by atoms with van der Waals surface area (Å²) in [6, 6.07) is 9.17. The molecule has 0 bridgehead atoms. The van der Waals surface area contributed by atoms with Crippen LogP contribution in [-0.4, -0.2) is 24.7 Å². The molecular weight excluding hydrogens is 324 g/mol. The smallest absolute Gasteiger partial charge is 0.263 e. The molecule has 0 unspecified atom stereocenters. The molecule has 128 valence electrons. The van der Waals surface area contributed by atoms with Crippen molar-refractivity contribution < 1.29 is 8.42 Å². The van der Waals surface area contributed by atoms with Crippen LogP contribution in [0, 0.1) is 13.8 Å². The minimum absolute atomic E-state index is 0.216. The van der Waals surface area contributed by atoms with Crippen LogP contribution in [0.2, 0.25) is 0 Å². The van der Waals surface area contributed by atoms with Gasteiger partial charge in [0, 0.05) is 6.04 Å². The van der Waals surface area contributed by atoms with Gasteiger partial charge < -0.3 is 5.32 Å². The Balaban J connectivity index is 1.73. The van der Waals surface area contributed by atoms with E-state index in [0.717, 1.165) is 18.4 Å². The van der Waals surface area contributed by atoms with Gasteiger partial charge in [-0.2, -0.15) is 0 Å². The third-order valence-corrected chi connectivity index (χ3v) is 5.74. The molecule has 7 heteroatoms. The Morgan fingerprint density at radius 1 is 1.00 bits per heavy atom. The molecule has 1 aliphatic rings. The van der Waals surface area contributed by atoms with Gasteiger partial charge in [-0.15, -0.1) is 10.2 Å². The first-order valence-electron chi connectivity index (χ1n) is 8.14. The lowest BCUT2D eigenvalue weighted by molar-refractivity contribution is 0.600. The lowest BCUT2D eigenvalue weighted by Crippen LogP contribution is -2.18. The molecule has 1 aromatic heterocycles. The number of hydrogen-bond donors (Lipinski definition) is 2. The van der Waals surface area contributed by atoms with Crippen LogP contribution in [-0.2, 0) is 10.0 Å². The quantitative estimate of drug-likeness (QED) is 0.868. The zero-order valence-electron chi connectivity index (χ0n) is 13.9. The van der Waals surface area contributed by atoms with Crippen molar-refractivity contribution in [1.29, 1.82) is 0 Å². The topological polar surface area (TPSA) is 84.0 Å². The van der Waals surface area contributed by atoms with Crippen molar-refractivity contribution in [3.63, 3.8) is 0 Å². The van der Waals surface area contributed by atoms with Crippen LogP contribution in [0.3, 0.4) is 0 Å². The maximum atomic E-state index is 12.5. The Morgan fingerprint density at radius 3 is 2.33 bits per heavy atom. The largest absolute Gasteiger partial charge is 0.366 e. The van der Waals surface area contributed by atoms with Crippen LogP contribution >= 0.6 is 0 Å². The van der Waals surface area contributed by atoms with Gasteiger partial charge in [0.25, 0.3) is 10.0 Å². The summed E-state index contributed by atoms with van der Waals surface area (Å²) in [6.07, 6.45) is 4.75. The molecular formula is C17H22N4O2S. The summed E-state index contributed by atoms with van der Waals surface area (Å²) in [5, 5.41) is 11.4. The second kappa shape index (κ2) is 6.76. The van der Waals surface area contributed by atoms with Crippen molar-refractivity contribution in [3.05, 3.63) is 41.5 Å². The maximum Gasteiger partial charge on any atom is 0.263 e. The molecule has 0 spiro atoms. The number of nitrogens with zero attached hydrogens (tertiary/aromatic N) is 2. The minimum atomic E-state index is -3.67. The molecule has 0 radical (unpaired) electrons. The van der Waals surface area contributed by atoms with Crippen LogP contribution in [0.15, 0.2) is 35.2 Å². The Hall–Kier alpha value is -2.15. The first-order chi connectivity index (χ1) is 11.4. The third-order valence-electron chi connectivity index (χ3n) is 4.24. The minimum Gasteiger partial charge on any atom is -0.366 e.